The molecule has 3 atom stereocenters. The molecule has 2 heterocycles. The fraction of sp³-hybridized carbons (Fsp3) is 0.364. The average molecular weight is 395 g/mol. The van der Waals surface area contributed by atoms with Gasteiger partial charge in [-0.25, -0.2) is 4.79 Å². The molecule has 4 rings (SSSR count). The van der Waals surface area contributed by atoms with Crippen molar-refractivity contribution >= 4 is 17.6 Å². The maximum absolute atomic E-state index is 12.9. The molecule has 2 aliphatic heterocycles. The maximum Gasteiger partial charge on any atom is 0.322 e. The molecule has 152 valence electrons. The molecular weight excluding hydrogens is 370 g/mol. The molecule has 2 aromatic rings. The van der Waals surface area contributed by atoms with Crippen LogP contribution in [0.4, 0.5) is 10.5 Å². The van der Waals surface area contributed by atoms with Gasteiger partial charge in [-0.2, -0.15) is 0 Å². The van der Waals surface area contributed by atoms with Gasteiger partial charge in [0.15, 0.2) is 0 Å². The molecule has 0 unspecified atom stereocenters. The van der Waals surface area contributed by atoms with Crippen molar-refractivity contribution < 1.29 is 19.1 Å². The van der Waals surface area contributed by atoms with E-state index in [2.05, 4.69) is 5.32 Å². The molecule has 2 fully saturated rings. The Morgan fingerprint density at radius 3 is 2.52 bits per heavy atom. The van der Waals surface area contributed by atoms with Crippen molar-refractivity contribution in [2.45, 2.75) is 18.7 Å². The highest BCUT2D eigenvalue weighted by Crippen LogP contribution is 2.36. The van der Waals surface area contributed by atoms with Gasteiger partial charge in [-0.15, -0.1) is 0 Å². The Morgan fingerprint density at radius 1 is 1.07 bits per heavy atom. The van der Waals surface area contributed by atoms with E-state index in [1.165, 1.54) is 0 Å². The van der Waals surface area contributed by atoms with E-state index < -0.39 is 6.10 Å². The lowest BCUT2D eigenvalue weighted by molar-refractivity contribution is -0.138. The highest BCUT2D eigenvalue weighted by Gasteiger charge is 2.53. The molecular formula is C22H25N3O4. The lowest BCUT2D eigenvalue weighted by atomic mass is 10.0. The number of amides is 3. The lowest BCUT2D eigenvalue weighted by Crippen LogP contribution is -2.41. The van der Waals surface area contributed by atoms with Crippen LogP contribution in [-0.2, 0) is 16.1 Å². The van der Waals surface area contributed by atoms with Gasteiger partial charge in [0, 0.05) is 32.7 Å². The Balaban J connectivity index is 1.49. The third-order valence-electron chi connectivity index (χ3n) is 5.73. The zero-order valence-corrected chi connectivity index (χ0v) is 16.6. The third kappa shape index (κ3) is 3.65. The number of nitrogens with one attached hydrogen (secondary N) is 1. The van der Waals surface area contributed by atoms with Crippen LogP contribution < -0.4 is 10.1 Å². The van der Waals surface area contributed by atoms with Gasteiger partial charge >= 0.3 is 6.03 Å². The highest BCUT2D eigenvalue weighted by atomic mass is 16.5. The van der Waals surface area contributed by atoms with Crippen molar-refractivity contribution in [3.05, 3.63) is 60.2 Å². The van der Waals surface area contributed by atoms with Crippen LogP contribution in [0.2, 0.25) is 0 Å². The van der Waals surface area contributed by atoms with E-state index >= 15 is 0 Å². The zero-order chi connectivity index (χ0) is 20.4. The second kappa shape index (κ2) is 8.13. The molecule has 2 aliphatic rings. The SMILES string of the molecule is COc1ccccc1NC(=O)N1C[C@@H]2[C@H](OC)C(=O)N(Cc3ccccc3)[C@@H]2C1. The minimum Gasteiger partial charge on any atom is -0.495 e. The van der Waals surface area contributed by atoms with Crippen LogP contribution in [-0.4, -0.2) is 61.2 Å². The van der Waals surface area contributed by atoms with Crippen LogP contribution in [0, 0.1) is 5.92 Å². The number of fused-ring (bicyclic) bond motifs is 1. The van der Waals surface area contributed by atoms with Gasteiger partial charge in [-0.1, -0.05) is 42.5 Å². The topological polar surface area (TPSA) is 71.1 Å². The van der Waals surface area contributed by atoms with Gasteiger partial charge < -0.3 is 24.6 Å². The fourth-order valence-corrected chi connectivity index (χ4v) is 4.31. The Hall–Kier alpha value is -3.06. The van der Waals surface area contributed by atoms with E-state index in [4.69, 9.17) is 9.47 Å². The predicted molar refractivity (Wildman–Crippen MR) is 109 cm³/mol. The molecule has 0 aromatic heterocycles. The summed E-state index contributed by atoms with van der Waals surface area (Å²) in [5, 5.41) is 2.92. The molecule has 0 saturated carbocycles. The number of anilines is 1. The molecule has 3 amide bonds. The zero-order valence-electron chi connectivity index (χ0n) is 16.6. The molecule has 0 bridgehead atoms. The second-order valence-electron chi connectivity index (χ2n) is 7.37. The van der Waals surface area contributed by atoms with Crippen molar-refractivity contribution in [1.82, 2.24) is 9.80 Å². The quantitative estimate of drug-likeness (QED) is 0.845. The molecule has 0 aliphatic carbocycles. The number of hydrogen-bond donors (Lipinski definition) is 1. The van der Waals surface area contributed by atoms with Gasteiger partial charge in [0.2, 0.25) is 0 Å². The number of hydrogen-bond acceptors (Lipinski definition) is 4. The number of rotatable bonds is 5. The van der Waals surface area contributed by atoms with Crippen LogP contribution in [0.25, 0.3) is 0 Å². The Labute approximate surface area is 170 Å². The summed E-state index contributed by atoms with van der Waals surface area (Å²) in [5.74, 6) is 0.562. The van der Waals surface area contributed by atoms with Crippen molar-refractivity contribution in [1.29, 1.82) is 0 Å². The number of para-hydroxylation sites is 2. The molecule has 0 spiro atoms. The van der Waals surface area contributed by atoms with Crippen molar-refractivity contribution in [2.75, 3.05) is 32.6 Å². The van der Waals surface area contributed by atoms with E-state index in [0.717, 1.165) is 5.56 Å². The molecule has 7 heteroatoms. The first-order valence-electron chi connectivity index (χ1n) is 9.68. The van der Waals surface area contributed by atoms with Gasteiger partial charge in [-0.05, 0) is 17.7 Å². The van der Waals surface area contributed by atoms with Gasteiger partial charge in [0.25, 0.3) is 5.91 Å². The van der Waals surface area contributed by atoms with Crippen LogP contribution in [0.15, 0.2) is 54.6 Å². The normalized spacial score (nSPS) is 23.2. The Kier molecular flexibility index (Phi) is 5.40. The van der Waals surface area contributed by atoms with E-state index in [1.54, 1.807) is 31.3 Å². The highest BCUT2D eigenvalue weighted by molar-refractivity contribution is 5.92. The molecule has 0 radical (unpaired) electrons. The van der Waals surface area contributed by atoms with Crippen LogP contribution in [0.3, 0.4) is 0 Å². The van der Waals surface area contributed by atoms with Crippen molar-refractivity contribution in [2.24, 2.45) is 5.92 Å². The van der Waals surface area contributed by atoms with Gasteiger partial charge in [0.1, 0.15) is 11.9 Å². The summed E-state index contributed by atoms with van der Waals surface area (Å²) in [6, 6.07) is 16.9. The smallest absolute Gasteiger partial charge is 0.322 e. The second-order valence-corrected chi connectivity index (χ2v) is 7.37. The number of carbonyl (C=O) groups is 2. The summed E-state index contributed by atoms with van der Waals surface area (Å²) >= 11 is 0. The number of ether oxygens (including phenoxy) is 2. The minimum absolute atomic E-state index is 0.00357. The number of carbonyl (C=O) groups excluding carboxylic acids is 2. The van der Waals surface area contributed by atoms with Crippen LogP contribution >= 0.6 is 0 Å². The molecule has 2 saturated heterocycles. The van der Waals surface area contributed by atoms with E-state index in [-0.39, 0.29) is 23.9 Å². The summed E-state index contributed by atoms with van der Waals surface area (Å²) < 4.78 is 10.8. The van der Waals surface area contributed by atoms with E-state index in [9.17, 15) is 9.59 Å². The third-order valence-corrected chi connectivity index (χ3v) is 5.73. The molecule has 7 nitrogen and oxygen atoms in total. The summed E-state index contributed by atoms with van der Waals surface area (Å²) in [6.45, 7) is 1.47. The number of benzene rings is 2. The molecule has 29 heavy (non-hydrogen) atoms. The Bertz CT molecular complexity index is 889. The van der Waals surface area contributed by atoms with Crippen molar-refractivity contribution in [3.8, 4) is 5.75 Å². The largest absolute Gasteiger partial charge is 0.495 e. The number of urea groups is 1. The summed E-state index contributed by atoms with van der Waals surface area (Å²) in [5.41, 5.74) is 1.69. The molecule has 2 aromatic carbocycles. The average Bonchev–Trinajstić information content (AvgIpc) is 3.27. The minimum atomic E-state index is -0.521. The van der Waals surface area contributed by atoms with E-state index in [0.29, 0.717) is 31.1 Å². The summed E-state index contributed by atoms with van der Waals surface area (Å²) in [7, 11) is 3.13. The predicted octanol–water partition coefficient (Wildman–Crippen LogP) is 2.58. The number of likely N-dealkylation sites (tertiary alicyclic amines) is 2. The summed E-state index contributed by atoms with van der Waals surface area (Å²) in [6.07, 6.45) is -0.521. The first-order chi connectivity index (χ1) is 14.1. The maximum atomic E-state index is 12.9. The van der Waals surface area contributed by atoms with Gasteiger partial charge in [0.05, 0.1) is 18.8 Å². The van der Waals surface area contributed by atoms with Crippen LogP contribution in [0.1, 0.15) is 5.56 Å². The fourth-order valence-electron chi connectivity index (χ4n) is 4.31. The molecule has 1 N–H and O–H groups in total. The first kappa shape index (κ1) is 19.3. The monoisotopic (exact) mass is 395 g/mol. The number of nitrogens with zero attached hydrogens (tertiary/aromatic N) is 2. The van der Waals surface area contributed by atoms with Gasteiger partial charge in [-0.3, -0.25) is 4.79 Å². The first-order valence-corrected chi connectivity index (χ1v) is 9.68. The summed E-state index contributed by atoms with van der Waals surface area (Å²) in [4.78, 5) is 29.3. The Morgan fingerprint density at radius 2 is 1.79 bits per heavy atom. The number of methoxy groups -OCH3 is 2. The van der Waals surface area contributed by atoms with Crippen molar-refractivity contribution in [3.63, 3.8) is 0 Å². The standard InChI is InChI=1S/C22H25N3O4/c1-28-19-11-7-6-10-17(19)23-22(27)24-13-16-18(14-24)25(21(26)20(16)29-2)12-15-8-4-3-5-9-15/h3-11,16,18,20H,12-14H2,1-2H3,(H,23,27)/t16-,18+,20-/m0/s1. The lowest BCUT2D eigenvalue weighted by Gasteiger charge is -2.25. The van der Waals surface area contributed by atoms with E-state index in [1.807, 2.05) is 47.4 Å². The van der Waals surface area contributed by atoms with Crippen LogP contribution in [0.5, 0.6) is 5.75 Å².